The summed E-state index contributed by atoms with van der Waals surface area (Å²) in [5.74, 6) is 0. The van der Waals surface area contributed by atoms with E-state index in [0.717, 1.165) is 5.56 Å². The molecule has 7 heteroatoms. The van der Waals surface area contributed by atoms with Crippen LogP contribution in [-0.4, -0.2) is 46.0 Å². The van der Waals surface area contributed by atoms with E-state index in [1.54, 1.807) is 57.2 Å². The topological polar surface area (TPSA) is 96.0 Å². The summed E-state index contributed by atoms with van der Waals surface area (Å²) < 4.78 is 5.52. The van der Waals surface area contributed by atoms with Crippen LogP contribution in [0.3, 0.4) is 0 Å². The molecule has 0 aliphatic rings. The summed E-state index contributed by atoms with van der Waals surface area (Å²) in [5, 5.41) is 21.2. The monoisotopic (exact) mass is 420 g/mol. The fraction of sp³-hybridized carbons (Fsp3) is 0.409. The van der Waals surface area contributed by atoms with E-state index in [2.05, 4.69) is 0 Å². The molecule has 0 aromatic heterocycles. The van der Waals surface area contributed by atoms with Crippen molar-refractivity contribution < 1.29 is 19.7 Å². The van der Waals surface area contributed by atoms with Gasteiger partial charge in [0.2, 0.25) is 0 Å². The van der Waals surface area contributed by atoms with Crippen LogP contribution in [0.2, 0.25) is 5.02 Å². The third kappa shape index (κ3) is 7.24. The zero-order valence-electron chi connectivity index (χ0n) is 17.0. The van der Waals surface area contributed by atoms with Gasteiger partial charge in [0, 0.05) is 10.7 Å². The minimum Gasteiger partial charge on any atom is -0.444 e. The molecular formula is C22H29ClN2O4. The fourth-order valence-electron chi connectivity index (χ4n) is 2.90. The SMILES string of the molecule is CC(C)(C)OC(=O)N(C[C@@H](O)c1cccc(Cl)c1)C(CO)Cc1ccc(N)cc1. The first-order chi connectivity index (χ1) is 13.6. The Morgan fingerprint density at radius 2 is 1.86 bits per heavy atom. The molecule has 6 nitrogen and oxygen atoms in total. The van der Waals surface area contributed by atoms with E-state index in [9.17, 15) is 15.0 Å². The molecule has 2 rings (SSSR count). The van der Waals surface area contributed by atoms with Gasteiger partial charge >= 0.3 is 6.09 Å². The van der Waals surface area contributed by atoms with Crippen molar-refractivity contribution >= 4 is 23.4 Å². The van der Waals surface area contributed by atoms with Gasteiger partial charge in [0.1, 0.15) is 5.60 Å². The number of rotatable bonds is 7. The highest BCUT2D eigenvalue weighted by Crippen LogP contribution is 2.22. The third-order valence-corrected chi connectivity index (χ3v) is 4.57. The van der Waals surface area contributed by atoms with E-state index < -0.39 is 23.8 Å². The van der Waals surface area contributed by atoms with E-state index in [1.807, 2.05) is 12.1 Å². The summed E-state index contributed by atoms with van der Waals surface area (Å²) in [6, 6.07) is 13.5. The van der Waals surface area contributed by atoms with Crippen molar-refractivity contribution in [2.75, 3.05) is 18.9 Å². The summed E-state index contributed by atoms with van der Waals surface area (Å²) in [5.41, 5.74) is 7.14. The number of nitrogen functional groups attached to an aromatic ring is 1. The number of anilines is 1. The molecule has 0 aliphatic heterocycles. The second-order valence-electron chi connectivity index (χ2n) is 7.99. The first kappa shape index (κ1) is 23.0. The Labute approximate surface area is 176 Å². The van der Waals surface area contributed by atoms with E-state index in [-0.39, 0.29) is 13.2 Å². The first-order valence-corrected chi connectivity index (χ1v) is 9.85. The number of carbonyl (C=O) groups is 1. The molecule has 1 unspecified atom stereocenters. The molecule has 0 saturated heterocycles. The number of aliphatic hydroxyl groups excluding tert-OH is 2. The minimum absolute atomic E-state index is 0.0462. The molecule has 0 radical (unpaired) electrons. The maximum absolute atomic E-state index is 12.9. The van der Waals surface area contributed by atoms with Gasteiger partial charge in [-0.2, -0.15) is 0 Å². The quantitative estimate of drug-likeness (QED) is 0.592. The first-order valence-electron chi connectivity index (χ1n) is 9.47. The number of aliphatic hydroxyl groups is 2. The molecule has 1 amide bonds. The highest BCUT2D eigenvalue weighted by molar-refractivity contribution is 6.30. The fourth-order valence-corrected chi connectivity index (χ4v) is 3.10. The summed E-state index contributed by atoms with van der Waals surface area (Å²) in [6.45, 7) is 4.97. The second kappa shape index (κ2) is 9.96. The van der Waals surface area contributed by atoms with Crippen LogP contribution in [0, 0.1) is 0 Å². The number of halogens is 1. The van der Waals surface area contributed by atoms with Crippen LogP contribution in [0.25, 0.3) is 0 Å². The van der Waals surface area contributed by atoms with Crippen molar-refractivity contribution in [3.05, 3.63) is 64.7 Å². The molecular weight excluding hydrogens is 392 g/mol. The predicted octanol–water partition coefficient (Wildman–Crippen LogP) is 3.80. The Hall–Kier alpha value is -2.28. The lowest BCUT2D eigenvalue weighted by Crippen LogP contribution is -2.48. The van der Waals surface area contributed by atoms with Gasteiger partial charge in [-0.05, 0) is 62.6 Å². The number of nitrogens with two attached hydrogens (primary N) is 1. The lowest BCUT2D eigenvalue weighted by molar-refractivity contribution is -0.00373. The van der Waals surface area contributed by atoms with E-state index in [0.29, 0.717) is 22.7 Å². The smallest absolute Gasteiger partial charge is 0.410 e. The van der Waals surface area contributed by atoms with Gasteiger partial charge in [0.15, 0.2) is 0 Å². The van der Waals surface area contributed by atoms with Crippen molar-refractivity contribution in [3.8, 4) is 0 Å². The summed E-state index contributed by atoms with van der Waals surface area (Å²) in [7, 11) is 0. The van der Waals surface area contributed by atoms with Crippen molar-refractivity contribution in [2.24, 2.45) is 0 Å². The van der Waals surface area contributed by atoms with Crippen molar-refractivity contribution in [1.29, 1.82) is 0 Å². The summed E-state index contributed by atoms with van der Waals surface area (Å²) in [4.78, 5) is 14.2. The standard InChI is InChI=1S/C22H29ClN2O4/c1-22(2,3)29-21(28)25(13-20(27)16-5-4-6-17(23)12-16)19(14-26)11-15-7-9-18(24)10-8-15/h4-10,12,19-20,26-27H,11,13-14,24H2,1-3H3/t19?,20-/m1/s1. The van der Waals surface area contributed by atoms with E-state index in [4.69, 9.17) is 22.1 Å². The van der Waals surface area contributed by atoms with E-state index in [1.165, 1.54) is 4.90 Å². The van der Waals surface area contributed by atoms with Gasteiger partial charge < -0.3 is 20.7 Å². The minimum atomic E-state index is -0.985. The van der Waals surface area contributed by atoms with Gasteiger partial charge in [-0.15, -0.1) is 0 Å². The van der Waals surface area contributed by atoms with Crippen LogP contribution in [0.4, 0.5) is 10.5 Å². The predicted molar refractivity (Wildman–Crippen MR) is 115 cm³/mol. The molecule has 0 fully saturated rings. The molecule has 4 N–H and O–H groups in total. The number of carbonyl (C=O) groups excluding carboxylic acids is 1. The van der Waals surface area contributed by atoms with E-state index >= 15 is 0 Å². The third-order valence-electron chi connectivity index (χ3n) is 4.33. The number of benzene rings is 2. The normalized spacial score (nSPS) is 13.6. The molecule has 158 valence electrons. The Kier molecular flexibility index (Phi) is 7.90. The van der Waals surface area contributed by atoms with Crippen LogP contribution in [-0.2, 0) is 11.2 Å². The molecule has 2 aromatic carbocycles. The van der Waals surface area contributed by atoms with Gasteiger partial charge in [-0.25, -0.2) is 4.79 Å². The zero-order valence-corrected chi connectivity index (χ0v) is 17.8. The maximum Gasteiger partial charge on any atom is 0.410 e. The van der Waals surface area contributed by atoms with Crippen molar-refractivity contribution in [2.45, 2.75) is 44.9 Å². The number of nitrogens with zero attached hydrogens (tertiary/aromatic N) is 1. The molecule has 29 heavy (non-hydrogen) atoms. The zero-order chi connectivity index (χ0) is 21.6. The Balaban J connectivity index is 2.26. The average molecular weight is 421 g/mol. The number of hydrogen-bond donors (Lipinski definition) is 3. The molecule has 0 spiro atoms. The maximum atomic E-state index is 12.9. The van der Waals surface area contributed by atoms with Gasteiger partial charge in [-0.3, -0.25) is 4.90 Å². The Morgan fingerprint density at radius 1 is 1.21 bits per heavy atom. The van der Waals surface area contributed by atoms with Crippen LogP contribution in [0.5, 0.6) is 0 Å². The average Bonchev–Trinajstić information content (AvgIpc) is 2.64. The summed E-state index contributed by atoms with van der Waals surface area (Å²) in [6.07, 6.45) is -1.20. The van der Waals surface area contributed by atoms with Crippen molar-refractivity contribution in [3.63, 3.8) is 0 Å². The molecule has 0 bridgehead atoms. The Morgan fingerprint density at radius 3 is 2.41 bits per heavy atom. The van der Waals surface area contributed by atoms with Crippen molar-refractivity contribution in [1.82, 2.24) is 4.90 Å². The number of ether oxygens (including phenoxy) is 1. The molecule has 0 saturated carbocycles. The molecule has 2 aromatic rings. The number of amides is 1. The largest absolute Gasteiger partial charge is 0.444 e. The van der Waals surface area contributed by atoms with Crippen LogP contribution in [0.1, 0.15) is 38.0 Å². The molecule has 0 heterocycles. The molecule has 0 aliphatic carbocycles. The van der Waals surface area contributed by atoms with Crippen LogP contribution >= 0.6 is 11.6 Å². The van der Waals surface area contributed by atoms with Gasteiger partial charge in [0.25, 0.3) is 0 Å². The highest BCUT2D eigenvalue weighted by atomic mass is 35.5. The van der Waals surface area contributed by atoms with Gasteiger partial charge in [-0.1, -0.05) is 35.9 Å². The lowest BCUT2D eigenvalue weighted by Gasteiger charge is -2.34. The van der Waals surface area contributed by atoms with Crippen LogP contribution in [0.15, 0.2) is 48.5 Å². The summed E-state index contributed by atoms with van der Waals surface area (Å²) >= 11 is 6.02. The molecule has 2 atom stereocenters. The number of hydrogen-bond acceptors (Lipinski definition) is 5. The Bertz CT molecular complexity index is 805. The van der Waals surface area contributed by atoms with Gasteiger partial charge in [0.05, 0.1) is 25.3 Å². The highest BCUT2D eigenvalue weighted by Gasteiger charge is 2.30. The lowest BCUT2D eigenvalue weighted by atomic mass is 10.0. The van der Waals surface area contributed by atoms with Crippen LogP contribution < -0.4 is 5.73 Å². The second-order valence-corrected chi connectivity index (χ2v) is 8.42.